The number of ether oxygens (including phenoxy) is 2. The molecule has 0 heterocycles. The van der Waals surface area contributed by atoms with Gasteiger partial charge in [-0.05, 0) is 35.2 Å². The summed E-state index contributed by atoms with van der Waals surface area (Å²) in [6.07, 6.45) is -0.284. The van der Waals surface area contributed by atoms with Crippen LogP contribution in [0.2, 0.25) is 0 Å². The third kappa shape index (κ3) is 4.86. The average Bonchev–Trinajstić information content (AvgIpc) is 3.53. The molecule has 6 nitrogen and oxygen atoms in total. The molecule has 0 aromatic heterocycles. The Hall–Kier alpha value is -3.80. The molecule has 1 aliphatic rings. The number of carbonyl (C=O) groups excluding carboxylic acids is 2. The van der Waals surface area contributed by atoms with Gasteiger partial charge in [0.1, 0.15) is 24.5 Å². The smallest absolute Gasteiger partial charge is 0.408 e. The van der Waals surface area contributed by atoms with Crippen molar-refractivity contribution in [1.82, 2.24) is 5.32 Å². The lowest BCUT2D eigenvalue weighted by Crippen LogP contribution is -2.45. The van der Waals surface area contributed by atoms with Gasteiger partial charge in [0.25, 0.3) is 0 Å². The first kappa shape index (κ1) is 20.5. The highest BCUT2D eigenvalue weighted by Gasteiger charge is 2.63. The molecule has 0 saturated heterocycles. The molecule has 0 spiro atoms. The lowest BCUT2D eigenvalue weighted by molar-refractivity contribution is -0.148. The molecule has 0 radical (unpaired) electrons. The van der Waals surface area contributed by atoms with E-state index in [4.69, 9.17) is 9.47 Å². The number of nitrogens with one attached hydrogen (secondary N) is 1. The Bertz CT molecular complexity index is 1040. The highest BCUT2D eigenvalue weighted by Crippen LogP contribution is 2.52. The molecule has 1 fully saturated rings. The van der Waals surface area contributed by atoms with Crippen LogP contribution in [0.4, 0.5) is 4.79 Å². The molecule has 2 atom stereocenters. The molecule has 6 heteroatoms. The minimum atomic E-state index is -1.19. The van der Waals surface area contributed by atoms with Crippen LogP contribution in [0.25, 0.3) is 0 Å². The second kappa shape index (κ2) is 8.92. The first-order chi connectivity index (χ1) is 15.1. The van der Waals surface area contributed by atoms with Gasteiger partial charge in [-0.25, -0.2) is 9.59 Å². The first-order valence-electron chi connectivity index (χ1n) is 10.1. The second-order valence-corrected chi connectivity index (χ2v) is 7.57. The number of aromatic hydroxyl groups is 1. The molecule has 1 amide bonds. The summed E-state index contributed by atoms with van der Waals surface area (Å²) >= 11 is 0. The minimum absolute atomic E-state index is 0.103. The van der Waals surface area contributed by atoms with Gasteiger partial charge in [0.15, 0.2) is 0 Å². The highest BCUT2D eigenvalue weighted by molar-refractivity contribution is 5.91. The van der Waals surface area contributed by atoms with Crippen LogP contribution in [-0.2, 0) is 27.5 Å². The first-order valence-corrected chi connectivity index (χ1v) is 10.1. The van der Waals surface area contributed by atoms with Gasteiger partial charge in [-0.15, -0.1) is 0 Å². The number of carbonyl (C=O) groups is 2. The number of phenolic OH excluding ortho intramolecular Hbond substituents is 1. The maximum Gasteiger partial charge on any atom is 0.408 e. The zero-order valence-electron chi connectivity index (χ0n) is 16.9. The highest BCUT2D eigenvalue weighted by atomic mass is 16.6. The Labute approximate surface area is 180 Å². The molecule has 1 aliphatic carbocycles. The third-order valence-corrected chi connectivity index (χ3v) is 5.37. The van der Waals surface area contributed by atoms with E-state index in [1.807, 2.05) is 60.7 Å². The number of benzene rings is 3. The summed E-state index contributed by atoms with van der Waals surface area (Å²) in [5, 5.41) is 12.3. The summed E-state index contributed by atoms with van der Waals surface area (Å²) in [6, 6.07) is 25.3. The molecule has 0 bridgehead atoms. The van der Waals surface area contributed by atoms with Crippen molar-refractivity contribution < 1.29 is 24.2 Å². The van der Waals surface area contributed by atoms with Gasteiger partial charge in [-0.2, -0.15) is 0 Å². The predicted molar refractivity (Wildman–Crippen MR) is 114 cm³/mol. The van der Waals surface area contributed by atoms with Gasteiger partial charge >= 0.3 is 12.1 Å². The van der Waals surface area contributed by atoms with Gasteiger partial charge < -0.3 is 19.9 Å². The van der Waals surface area contributed by atoms with E-state index in [0.717, 1.165) is 16.7 Å². The number of hydrogen-bond acceptors (Lipinski definition) is 5. The molecule has 3 aromatic rings. The molecule has 1 saturated carbocycles. The number of hydrogen-bond donors (Lipinski definition) is 2. The van der Waals surface area contributed by atoms with Crippen LogP contribution in [0.1, 0.15) is 29.0 Å². The van der Waals surface area contributed by atoms with Gasteiger partial charge in [0, 0.05) is 5.92 Å². The average molecular weight is 417 g/mol. The number of alkyl carbamates (subject to hydrolysis) is 1. The lowest BCUT2D eigenvalue weighted by atomic mass is 10.1. The van der Waals surface area contributed by atoms with Gasteiger partial charge in [0.2, 0.25) is 0 Å². The number of amides is 1. The van der Waals surface area contributed by atoms with Gasteiger partial charge in [0.05, 0.1) is 0 Å². The Morgan fingerprint density at radius 3 is 1.97 bits per heavy atom. The van der Waals surface area contributed by atoms with Crippen molar-refractivity contribution in [2.24, 2.45) is 0 Å². The van der Waals surface area contributed by atoms with E-state index in [1.54, 1.807) is 24.3 Å². The summed E-state index contributed by atoms with van der Waals surface area (Å²) in [4.78, 5) is 25.5. The monoisotopic (exact) mass is 417 g/mol. The number of phenols is 1. The van der Waals surface area contributed by atoms with Crippen LogP contribution < -0.4 is 5.32 Å². The standard InChI is InChI=1S/C25H23NO5/c27-21-13-11-20(12-14-21)22-15-25(22,23(28)30-16-18-7-3-1-4-8-18)26-24(29)31-17-19-9-5-2-6-10-19/h1-14,22,27H,15-17H2,(H,26,29)/t22?,25-/m1/s1. The van der Waals surface area contributed by atoms with Crippen LogP contribution in [0.15, 0.2) is 84.9 Å². The van der Waals surface area contributed by atoms with Crippen LogP contribution in [0.3, 0.4) is 0 Å². The Kier molecular flexibility index (Phi) is 5.89. The molecule has 3 aromatic carbocycles. The van der Waals surface area contributed by atoms with Crippen LogP contribution in [0.5, 0.6) is 5.75 Å². The van der Waals surface area contributed by atoms with Crippen molar-refractivity contribution in [3.05, 3.63) is 102 Å². The predicted octanol–water partition coefficient (Wildman–Crippen LogP) is 4.29. The van der Waals surface area contributed by atoms with E-state index in [1.165, 1.54) is 0 Å². The fraction of sp³-hybridized carbons (Fsp3) is 0.200. The molecule has 31 heavy (non-hydrogen) atoms. The van der Waals surface area contributed by atoms with E-state index in [9.17, 15) is 14.7 Å². The molecule has 158 valence electrons. The van der Waals surface area contributed by atoms with E-state index >= 15 is 0 Å². The number of esters is 1. The maximum atomic E-state index is 13.0. The summed E-state index contributed by atoms with van der Waals surface area (Å²) in [7, 11) is 0. The fourth-order valence-corrected chi connectivity index (χ4v) is 3.58. The van der Waals surface area contributed by atoms with Gasteiger partial charge in [-0.3, -0.25) is 0 Å². The lowest BCUT2D eigenvalue weighted by Gasteiger charge is -2.19. The summed E-state index contributed by atoms with van der Waals surface area (Å²) < 4.78 is 10.9. The van der Waals surface area contributed by atoms with E-state index < -0.39 is 17.6 Å². The van der Waals surface area contributed by atoms with Crippen LogP contribution in [0, 0.1) is 0 Å². The van der Waals surface area contributed by atoms with Crippen molar-refractivity contribution in [1.29, 1.82) is 0 Å². The van der Waals surface area contributed by atoms with E-state index in [-0.39, 0.29) is 24.9 Å². The molecule has 2 N–H and O–H groups in total. The molecule has 0 aliphatic heterocycles. The Balaban J connectivity index is 1.45. The van der Waals surface area contributed by atoms with E-state index in [2.05, 4.69) is 5.32 Å². The zero-order valence-corrected chi connectivity index (χ0v) is 16.9. The van der Waals surface area contributed by atoms with Crippen molar-refractivity contribution >= 4 is 12.1 Å². The van der Waals surface area contributed by atoms with Crippen LogP contribution >= 0.6 is 0 Å². The van der Waals surface area contributed by atoms with Crippen molar-refractivity contribution in [3.8, 4) is 5.75 Å². The quantitative estimate of drug-likeness (QED) is 0.560. The number of rotatable bonds is 7. The summed E-state index contributed by atoms with van der Waals surface area (Å²) in [5.41, 5.74) is 1.35. The second-order valence-electron chi connectivity index (χ2n) is 7.57. The SMILES string of the molecule is O=C(N[C@]1(C(=O)OCc2ccccc2)CC1c1ccc(O)cc1)OCc1ccccc1. The third-order valence-electron chi connectivity index (χ3n) is 5.37. The molecular formula is C25H23NO5. The van der Waals surface area contributed by atoms with Crippen molar-refractivity contribution in [2.45, 2.75) is 31.1 Å². The zero-order chi connectivity index (χ0) is 21.7. The summed E-state index contributed by atoms with van der Waals surface area (Å²) in [6.45, 7) is 0.218. The van der Waals surface area contributed by atoms with Gasteiger partial charge in [-0.1, -0.05) is 72.8 Å². The minimum Gasteiger partial charge on any atom is -0.508 e. The Morgan fingerprint density at radius 1 is 0.839 bits per heavy atom. The van der Waals surface area contributed by atoms with Crippen molar-refractivity contribution in [3.63, 3.8) is 0 Å². The Morgan fingerprint density at radius 2 is 1.39 bits per heavy atom. The summed E-state index contributed by atoms with van der Waals surface area (Å²) in [5.74, 6) is -0.636. The fourth-order valence-electron chi connectivity index (χ4n) is 3.58. The molecule has 1 unspecified atom stereocenters. The van der Waals surface area contributed by atoms with Crippen LogP contribution in [-0.4, -0.2) is 22.7 Å². The molecule has 4 rings (SSSR count). The normalized spacial score (nSPS) is 19.3. The molecular weight excluding hydrogens is 394 g/mol. The van der Waals surface area contributed by atoms with E-state index in [0.29, 0.717) is 6.42 Å². The largest absolute Gasteiger partial charge is 0.508 e. The topological polar surface area (TPSA) is 84.9 Å². The van der Waals surface area contributed by atoms with Crippen molar-refractivity contribution in [2.75, 3.05) is 0 Å². The maximum absolute atomic E-state index is 13.0.